The zero-order valence-corrected chi connectivity index (χ0v) is 10.5. The third-order valence-corrected chi connectivity index (χ3v) is 2.35. The van der Waals surface area contributed by atoms with Crippen molar-refractivity contribution in [1.82, 2.24) is 5.32 Å². The van der Waals surface area contributed by atoms with E-state index in [1.54, 1.807) is 0 Å². The summed E-state index contributed by atoms with van der Waals surface area (Å²) >= 11 is 0. The van der Waals surface area contributed by atoms with Crippen molar-refractivity contribution in [3.05, 3.63) is 29.3 Å². The summed E-state index contributed by atoms with van der Waals surface area (Å²) < 4.78 is 38.1. The molecule has 1 rings (SSSR count). The number of aliphatic hydroxyl groups excluding tert-OH is 1. The van der Waals surface area contributed by atoms with Gasteiger partial charge in [0.1, 0.15) is 0 Å². The predicted molar refractivity (Wildman–Crippen MR) is 64.9 cm³/mol. The second-order valence-electron chi connectivity index (χ2n) is 4.05. The van der Waals surface area contributed by atoms with Gasteiger partial charge in [-0.25, -0.2) is 4.79 Å². The topological polar surface area (TPSA) is 85.2 Å². The highest BCUT2D eigenvalue weighted by Crippen LogP contribution is 2.33. The lowest BCUT2D eigenvalue weighted by Gasteiger charge is -2.14. The van der Waals surface area contributed by atoms with E-state index in [2.05, 4.69) is 10.6 Å². The van der Waals surface area contributed by atoms with E-state index >= 15 is 0 Å². The number of aliphatic hydroxyl groups is 1. The van der Waals surface area contributed by atoms with Crippen LogP contribution < -0.4 is 10.6 Å². The van der Waals surface area contributed by atoms with Crippen molar-refractivity contribution in [1.29, 1.82) is 5.26 Å². The number of carbonyl (C=O) groups excluding carboxylic acids is 1. The first-order chi connectivity index (χ1) is 9.27. The van der Waals surface area contributed by atoms with Crippen molar-refractivity contribution in [3.8, 4) is 6.07 Å². The van der Waals surface area contributed by atoms with E-state index in [4.69, 9.17) is 10.4 Å². The van der Waals surface area contributed by atoms with Gasteiger partial charge in [0.05, 0.1) is 29.8 Å². The summed E-state index contributed by atoms with van der Waals surface area (Å²) in [6, 6.07) is 3.02. The number of nitriles is 1. The SMILES string of the molecule is CC(CO)NC(=O)Nc1ccc(C#N)c(C(F)(F)F)c1. The van der Waals surface area contributed by atoms with Crippen LogP contribution in [0, 0.1) is 11.3 Å². The molecule has 3 N–H and O–H groups in total. The first-order valence-electron chi connectivity index (χ1n) is 5.57. The second-order valence-corrected chi connectivity index (χ2v) is 4.05. The molecule has 5 nitrogen and oxygen atoms in total. The highest BCUT2D eigenvalue weighted by Gasteiger charge is 2.33. The molecule has 1 aromatic rings. The zero-order valence-electron chi connectivity index (χ0n) is 10.5. The van der Waals surface area contributed by atoms with Gasteiger partial charge in [-0.2, -0.15) is 18.4 Å². The lowest BCUT2D eigenvalue weighted by molar-refractivity contribution is -0.137. The van der Waals surface area contributed by atoms with Gasteiger partial charge in [-0.1, -0.05) is 0 Å². The zero-order chi connectivity index (χ0) is 15.3. The van der Waals surface area contributed by atoms with Crippen molar-refractivity contribution < 1.29 is 23.1 Å². The van der Waals surface area contributed by atoms with Crippen LogP contribution in [0.5, 0.6) is 0 Å². The van der Waals surface area contributed by atoms with Gasteiger partial charge in [-0.3, -0.25) is 0 Å². The quantitative estimate of drug-likeness (QED) is 0.795. The molecule has 0 aliphatic carbocycles. The number of rotatable bonds is 3. The molecule has 0 saturated heterocycles. The van der Waals surface area contributed by atoms with Crippen LogP contribution in [0.25, 0.3) is 0 Å². The molecule has 1 aromatic carbocycles. The maximum atomic E-state index is 12.7. The van der Waals surface area contributed by atoms with Gasteiger partial charge in [-0.15, -0.1) is 0 Å². The number of alkyl halides is 3. The van der Waals surface area contributed by atoms with Crippen LogP contribution in [-0.4, -0.2) is 23.8 Å². The Hall–Kier alpha value is -2.27. The molecule has 0 fully saturated rings. The summed E-state index contributed by atoms with van der Waals surface area (Å²) in [6.45, 7) is 1.23. The van der Waals surface area contributed by atoms with Crippen LogP contribution in [0.2, 0.25) is 0 Å². The molecular weight excluding hydrogens is 275 g/mol. The molecule has 1 unspecified atom stereocenters. The van der Waals surface area contributed by atoms with Gasteiger partial charge in [-0.05, 0) is 25.1 Å². The second kappa shape index (κ2) is 6.25. The molecular formula is C12H12F3N3O2. The third-order valence-electron chi connectivity index (χ3n) is 2.35. The van der Waals surface area contributed by atoms with E-state index in [0.717, 1.165) is 6.07 Å². The first kappa shape index (κ1) is 15.8. The molecule has 0 aliphatic heterocycles. The fourth-order valence-electron chi connectivity index (χ4n) is 1.39. The van der Waals surface area contributed by atoms with E-state index < -0.39 is 29.4 Å². The number of nitrogens with one attached hydrogen (secondary N) is 2. The minimum absolute atomic E-state index is 0.0982. The summed E-state index contributed by atoms with van der Waals surface area (Å²) in [5.74, 6) is 0. The number of hydrogen-bond acceptors (Lipinski definition) is 3. The van der Waals surface area contributed by atoms with E-state index in [1.807, 2.05) is 0 Å². The van der Waals surface area contributed by atoms with Crippen LogP contribution in [-0.2, 0) is 6.18 Å². The molecule has 2 amide bonds. The molecule has 20 heavy (non-hydrogen) atoms. The van der Waals surface area contributed by atoms with Crippen molar-refractivity contribution >= 4 is 11.7 Å². The Morgan fingerprint density at radius 1 is 1.50 bits per heavy atom. The van der Waals surface area contributed by atoms with Gasteiger partial charge in [0.25, 0.3) is 0 Å². The van der Waals surface area contributed by atoms with Crippen molar-refractivity contribution in [2.24, 2.45) is 0 Å². The minimum atomic E-state index is -4.68. The number of carbonyl (C=O) groups is 1. The van der Waals surface area contributed by atoms with Crippen molar-refractivity contribution in [2.45, 2.75) is 19.1 Å². The summed E-state index contributed by atoms with van der Waals surface area (Å²) in [5, 5.41) is 21.9. The van der Waals surface area contributed by atoms with Gasteiger partial charge >= 0.3 is 12.2 Å². The fourth-order valence-corrected chi connectivity index (χ4v) is 1.39. The number of amides is 2. The summed E-state index contributed by atoms with van der Waals surface area (Å²) in [6.07, 6.45) is -4.68. The molecule has 8 heteroatoms. The minimum Gasteiger partial charge on any atom is -0.394 e. The Bertz CT molecular complexity index is 538. The highest BCUT2D eigenvalue weighted by atomic mass is 19.4. The number of urea groups is 1. The van der Waals surface area contributed by atoms with Crippen LogP contribution in [0.4, 0.5) is 23.7 Å². The molecule has 0 aromatic heterocycles. The molecule has 0 bridgehead atoms. The lowest BCUT2D eigenvalue weighted by atomic mass is 10.1. The predicted octanol–water partition coefficient (Wildman–Crippen LogP) is 2.08. The molecule has 0 saturated carbocycles. The smallest absolute Gasteiger partial charge is 0.394 e. The van der Waals surface area contributed by atoms with Crippen LogP contribution in [0.1, 0.15) is 18.1 Å². The maximum Gasteiger partial charge on any atom is 0.417 e. The van der Waals surface area contributed by atoms with Crippen molar-refractivity contribution in [3.63, 3.8) is 0 Å². The highest BCUT2D eigenvalue weighted by molar-refractivity contribution is 5.89. The Balaban J connectivity index is 2.94. The van der Waals surface area contributed by atoms with Gasteiger partial charge in [0.2, 0.25) is 0 Å². The Labute approximate surface area is 113 Å². The Kier molecular flexibility index (Phi) is 4.94. The molecule has 108 valence electrons. The number of nitrogens with zero attached hydrogens (tertiary/aromatic N) is 1. The Morgan fingerprint density at radius 3 is 2.65 bits per heavy atom. The van der Waals surface area contributed by atoms with Gasteiger partial charge in [0, 0.05) is 5.69 Å². The third kappa shape index (κ3) is 4.13. The number of anilines is 1. The van der Waals surface area contributed by atoms with E-state index in [9.17, 15) is 18.0 Å². The molecule has 1 atom stereocenters. The summed E-state index contributed by atoms with van der Waals surface area (Å²) in [5.41, 5.74) is -1.74. The molecule has 0 heterocycles. The Morgan fingerprint density at radius 2 is 2.15 bits per heavy atom. The van der Waals surface area contributed by atoms with Gasteiger partial charge in [0.15, 0.2) is 0 Å². The van der Waals surface area contributed by atoms with E-state index in [1.165, 1.54) is 19.1 Å². The fraction of sp³-hybridized carbons (Fsp3) is 0.333. The maximum absolute atomic E-state index is 12.7. The van der Waals surface area contributed by atoms with Gasteiger partial charge < -0.3 is 15.7 Å². The average molecular weight is 287 g/mol. The summed E-state index contributed by atoms with van der Waals surface area (Å²) in [7, 11) is 0. The van der Waals surface area contributed by atoms with Crippen LogP contribution in [0.3, 0.4) is 0 Å². The lowest BCUT2D eigenvalue weighted by Crippen LogP contribution is -2.38. The average Bonchev–Trinajstić information content (AvgIpc) is 2.37. The first-order valence-corrected chi connectivity index (χ1v) is 5.57. The molecule has 0 aliphatic rings. The largest absolute Gasteiger partial charge is 0.417 e. The molecule has 0 radical (unpaired) electrons. The number of hydrogen-bond donors (Lipinski definition) is 3. The molecule has 0 spiro atoms. The van der Waals surface area contributed by atoms with E-state index in [-0.39, 0.29) is 12.3 Å². The van der Waals surface area contributed by atoms with Crippen LogP contribution in [0.15, 0.2) is 18.2 Å². The summed E-state index contributed by atoms with van der Waals surface area (Å²) in [4.78, 5) is 11.4. The number of halogens is 3. The normalized spacial score (nSPS) is 12.4. The van der Waals surface area contributed by atoms with E-state index in [0.29, 0.717) is 6.07 Å². The van der Waals surface area contributed by atoms with Crippen molar-refractivity contribution in [2.75, 3.05) is 11.9 Å². The standard InChI is InChI=1S/C12H12F3N3O2/c1-7(6-19)17-11(20)18-9-3-2-8(5-16)10(4-9)12(13,14)15/h2-4,7,19H,6H2,1H3,(H2,17,18,20). The monoisotopic (exact) mass is 287 g/mol. The number of benzene rings is 1. The van der Waals surface area contributed by atoms with Crippen LogP contribution >= 0.6 is 0 Å².